The van der Waals surface area contributed by atoms with Crippen LogP contribution in [0.1, 0.15) is 48.5 Å². The molecule has 2 aliphatic rings. The fourth-order valence-corrected chi connectivity index (χ4v) is 4.52. The van der Waals surface area contributed by atoms with Crippen molar-refractivity contribution in [2.24, 2.45) is 11.1 Å². The number of nitrogens with one attached hydrogen (secondary N) is 1. The summed E-state index contributed by atoms with van der Waals surface area (Å²) in [7, 11) is 1.54. The van der Waals surface area contributed by atoms with Gasteiger partial charge in [-0.3, -0.25) is 20.0 Å². The number of aromatic nitrogens is 1. The van der Waals surface area contributed by atoms with Gasteiger partial charge in [-0.1, -0.05) is 32.0 Å². The van der Waals surface area contributed by atoms with Gasteiger partial charge in [0.2, 0.25) is 0 Å². The molecule has 0 saturated heterocycles. The summed E-state index contributed by atoms with van der Waals surface area (Å²) in [4.78, 5) is 30.4. The number of carbonyl (C=O) groups is 2. The quantitative estimate of drug-likeness (QED) is 0.744. The van der Waals surface area contributed by atoms with E-state index in [1.807, 2.05) is 32.0 Å². The van der Waals surface area contributed by atoms with Crippen molar-refractivity contribution >= 4 is 11.7 Å². The molecule has 8 nitrogen and oxygen atoms in total. The summed E-state index contributed by atoms with van der Waals surface area (Å²) in [6.07, 6.45) is 3.85. The predicted molar refractivity (Wildman–Crippen MR) is 121 cm³/mol. The zero-order valence-electron chi connectivity index (χ0n) is 18.8. The molecule has 1 aliphatic heterocycles. The van der Waals surface area contributed by atoms with Crippen LogP contribution < -0.4 is 15.9 Å². The lowest BCUT2D eigenvalue weighted by Crippen LogP contribution is -2.49. The summed E-state index contributed by atoms with van der Waals surface area (Å²) in [6.45, 7) is 3.99. The van der Waals surface area contributed by atoms with E-state index in [1.54, 1.807) is 25.3 Å². The lowest BCUT2D eigenvalue weighted by Gasteiger charge is -2.43. The number of para-hydroxylation sites is 1. The monoisotopic (exact) mass is 443 g/mol. The minimum absolute atomic E-state index is 0.0828. The highest BCUT2D eigenvalue weighted by Gasteiger charge is 2.45. The Balaban J connectivity index is 1.90. The lowest BCUT2D eigenvalue weighted by molar-refractivity contribution is -0.118. The molecule has 1 atom stereocenters. The van der Waals surface area contributed by atoms with E-state index in [0.29, 0.717) is 41.0 Å². The van der Waals surface area contributed by atoms with E-state index in [1.165, 1.54) is 17.4 Å². The number of ether oxygens (including phenoxy) is 1. The van der Waals surface area contributed by atoms with E-state index >= 15 is 0 Å². The molecule has 33 heavy (non-hydrogen) atoms. The standard InChI is InChI=1S/C25H25N5O3/c1-25(2)12-18-22(19(31)13-25)21(16-6-4-5-7-20(16)33-3)17(14-26)23(27)30(18)29-24(32)15-8-10-28-11-9-15/h4-11,21H,12-13,27H2,1-3H3,(H,29,32). The van der Waals surface area contributed by atoms with Gasteiger partial charge in [0, 0.05) is 35.5 Å². The number of nitriles is 1. The van der Waals surface area contributed by atoms with Crippen LogP contribution in [-0.4, -0.2) is 28.8 Å². The minimum Gasteiger partial charge on any atom is -0.496 e. The third kappa shape index (κ3) is 3.94. The van der Waals surface area contributed by atoms with Gasteiger partial charge in [0.25, 0.3) is 5.91 Å². The summed E-state index contributed by atoms with van der Waals surface area (Å²) in [5.74, 6) is -0.544. The number of ketones is 1. The molecule has 1 aromatic heterocycles. The molecule has 4 rings (SSSR count). The fourth-order valence-electron chi connectivity index (χ4n) is 4.52. The second-order valence-electron chi connectivity index (χ2n) is 8.90. The Kier molecular flexibility index (Phi) is 5.64. The Morgan fingerprint density at radius 3 is 2.61 bits per heavy atom. The van der Waals surface area contributed by atoms with E-state index in [0.717, 1.165) is 0 Å². The summed E-state index contributed by atoms with van der Waals surface area (Å²) < 4.78 is 5.54. The molecule has 1 aromatic carbocycles. The normalized spacial score (nSPS) is 19.6. The van der Waals surface area contributed by atoms with Crippen LogP contribution in [0.2, 0.25) is 0 Å². The first-order valence-corrected chi connectivity index (χ1v) is 10.6. The van der Waals surface area contributed by atoms with Crippen LogP contribution in [-0.2, 0) is 4.79 Å². The lowest BCUT2D eigenvalue weighted by atomic mass is 9.69. The van der Waals surface area contributed by atoms with Gasteiger partial charge < -0.3 is 10.5 Å². The van der Waals surface area contributed by atoms with Crippen LogP contribution in [0.3, 0.4) is 0 Å². The molecule has 1 unspecified atom stereocenters. The molecule has 0 bridgehead atoms. The van der Waals surface area contributed by atoms with Crippen molar-refractivity contribution < 1.29 is 14.3 Å². The van der Waals surface area contributed by atoms with Crippen molar-refractivity contribution in [3.8, 4) is 11.8 Å². The molecule has 8 heteroatoms. The number of nitrogens with two attached hydrogens (primary N) is 1. The summed E-state index contributed by atoms with van der Waals surface area (Å²) in [5.41, 5.74) is 11.2. The van der Waals surface area contributed by atoms with Gasteiger partial charge in [0.05, 0.1) is 30.4 Å². The van der Waals surface area contributed by atoms with Crippen LogP contribution in [0.5, 0.6) is 5.75 Å². The molecule has 0 fully saturated rings. The van der Waals surface area contributed by atoms with Crippen LogP contribution in [0.15, 0.2) is 71.5 Å². The molecule has 1 aliphatic carbocycles. The topological polar surface area (TPSA) is 121 Å². The van der Waals surface area contributed by atoms with Crippen LogP contribution in [0.4, 0.5) is 0 Å². The number of hydrogen-bond acceptors (Lipinski definition) is 7. The van der Waals surface area contributed by atoms with Crippen molar-refractivity contribution in [3.05, 3.63) is 82.6 Å². The van der Waals surface area contributed by atoms with E-state index in [9.17, 15) is 14.9 Å². The number of allylic oxidation sites excluding steroid dienone is 3. The number of carbonyl (C=O) groups excluding carboxylic acids is 2. The fraction of sp³-hybridized carbons (Fsp3) is 0.280. The largest absolute Gasteiger partial charge is 0.496 e. The van der Waals surface area contributed by atoms with Gasteiger partial charge >= 0.3 is 0 Å². The molecule has 0 saturated carbocycles. The molecule has 3 N–H and O–H groups in total. The zero-order chi connectivity index (χ0) is 23.8. The Morgan fingerprint density at radius 2 is 1.94 bits per heavy atom. The van der Waals surface area contributed by atoms with E-state index in [2.05, 4.69) is 16.5 Å². The second kappa shape index (κ2) is 8.43. The predicted octanol–water partition coefficient (Wildman–Crippen LogP) is 3.17. The van der Waals surface area contributed by atoms with E-state index in [-0.39, 0.29) is 22.6 Å². The van der Waals surface area contributed by atoms with Gasteiger partial charge in [0.15, 0.2) is 5.78 Å². The molecule has 2 heterocycles. The number of benzene rings is 1. The SMILES string of the molecule is COc1ccccc1C1C(C#N)=C(N)N(NC(=O)c2ccncc2)C2=C1C(=O)CC(C)(C)C2. The highest BCUT2D eigenvalue weighted by Crippen LogP contribution is 2.49. The van der Waals surface area contributed by atoms with Crippen LogP contribution in [0, 0.1) is 16.7 Å². The smallest absolute Gasteiger partial charge is 0.270 e. The number of rotatable bonds is 4. The first-order chi connectivity index (χ1) is 15.8. The zero-order valence-corrected chi connectivity index (χ0v) is 18.8. The van der Waals surface area contributed by atoms with Crippen molar-refractivity contribution in [2.45, 2.75) is 32.6 Å². The average molecular weight is 444 g/mol. The molecular weight excluding hydrogens is 418 g/mol. The Bertz CT molecular complexity index is 1220. The van der Waals surface area contributed by atoms with Gasteiger partial charge in [0.1, 0.15) is 11.6 Å². The van der Waals surface area contributed by atoms with Crippen molar-refractivity contribution in [1.29, 1.82) is 5.26 Å². The Labute approximate surface area is 192 Å². The highest BCUT2D eigenvalue weighted by atomic mass is 16.5. The third-order valence-electron chi connectivity index (χ3n) is 5.99. The minimum atomic E-state index is -0.682. The number of Topliss-reactive ketones (excluding diaryl/α,β-unsaturated/α-hetero) is 1. The third-order valence-corrected chi connectivity index (χ3v) is 5.99. The first-order valence-electron chi connectivity index (χ1n) is 10.6. The number of nitrogens with zero attached hydrogens (tertiary/aromatic N) is 3. The van der Waals surface area contributed by atoms with Gasteiger partial charge in [-0.15, -0.1) is 0 Å². The average Bonchev–Trinajstić information content (AvgIpc) is 2.80. The number of methoxy groups -OCH3 is 1. The second-order valence-corrected chi connectivity index (χ2v) is 8.90. The van der Waals surface area contributed by atoms with Crippen molar-refractivity contribution in [3.63, 3.8) is 0 Å². The van der Waals surface area contributed by atoms with Gasteiger partial charge in [-0.05, 0) is 30.0 Å². The van der Waals surface area contributed by atoms with Crippen molar-refractivity contribution in [1.82, 2.24) is 15.4 Å². The van der Waals surface area contributed by atoms with Crippen LogP contribution in [0.25, 0.3) is 0 Å². The van der Waals surface area contributed by atoms with E-state index < -0.39 is 11.8 Å². The molecular formula is C25H25N5O3. The number of pyridine rings is 1. The van der Waals surface area contributed by atoms with Gasteiger partial charge in [-0.2, -0.15) is 5.26 Å². The number of hydrazine groups is 1. The summed E-state index contributed by atoms with van der Waals surface area (Å²) >= 11 is 0. The van der Waals surface area contributed by atoms with E-state index in [4.69, 9.17) is 10.5 Å². The van der Waals surface area contributed by atoms with Crippen molar-refractivity contribution in [2.75, 3.05) is 7.11 Å². The maximum Gasteiger partial charge on any atom is 0.270 e. The highest BCUT2D eigenvalue weighted by molar-refractivity contribution is 6.01. The summed E-state index contributed by atoms with van der Waals surface area (Å²) in [6, 6.07) is 12.6. The maximum absolute atomic E-state index is 13.5. The number of amides is 1. The Hall–Kier alpha value is -4.12. The molecule has 2 aromatic rings. The molecule has 1 amide bonds. The maximum atomic E-state index is 13.5. The number of hydrogen-bond donors (Lipinski definition) is 2. The van der Waals surface area contributed by atoms with Crippen LogP contribution >= 0.6 is 0 Å². The Morgan fingerprint density at radius 1 is 1.24 bits per heavy atom. The molecule has 168 valence electrons. The van der Waals surface area contributed by atoms with Gasteiger partial charge in [-0.25, -0.2) is 5.01 Å². The summed E-state index contributed by atoms with van der Waals surface area (Å²) in [5, 5.41) is 11.5. The first kappa shape index (κ1) is 22.1. The molecule has 0 spiro atoms. The molecule has 0 radical (unpaired) electrons.